The van der Waals surface area contributed by atoms with Crippen LogP contribution in [-0.4, -0.2) is 4.57 Å². The van der Waals surface area contributed by atoms with Gasteiger partial charge >= 0.3 is 0 Å². The monoisotopic (exact) mass is 725 g/mol. The molecule has 1 aliphatic rings. The SMILES string of the molecule is C1=C(c2ccccc2)C=C(c2cc3ccccc3c3ccccc23)[NH2+]C1c1ccc(-n2c3ccccc3c3c4c5ccccc5ccc4c4ccccc4c32)cc1. The highest BCUT2D eigenvalue weighted by Gasteiger charge is 2.26. The molecular weight excluding hydrogens is 689 g/mol. The molecule has 11 aromatic rings. The molecule has 2 N–H and O–H groups in total. The average molecular weight is 726 g/mol. The van der Waals surface area contributed by atoms with E-state index in [1.54, 1.807) is 0 Å². The van der Waals surface area contributed by atoms with E-state index in [0.29, 0.717) is 0 Å². The zero-order valence-corrected chi connectivity index (χ0v) is 31.2. The smallest absolute Gasteiger partial charge is 0.138 e. The highest BCUT2D eigenvalue weighted by molar-refractivity contribution is 6.36. The summed E-state index contributed by atoms with van der Waals surface area (Å²) in [4.78, 5) is 0. The average Bonchev–Trinajstić information content (AvgIpc) is 3.64. The van der Waals surface area contributed by atoms with Gasteiger partial charge in [0.25, 0.3) is 0 Å². The summed E-state index contributed by atoms with van der Waals surface area (Å²) in [6.07, 6.45) is 4.82. The molecule has 266 valence electrons. The number of nitrogens with zero attached hydrogens (tertiary/aromatic N) is 1. The summed E-state index contributed by atoms with van der Waals surface area (Å²) in [5, 5.41) is 17.9. The molecule has 0 amide bonds. The minimum absolute atomic E-state index is 0.0915. The summed E-state index contributed by atoms with van der Waals surface area (Å²) in [5.74, 6) is 0. The molecule has 0 radical (unpaired) electrons. The van der Waals surface area contributed by atoms with Crippen LogP contribution in [0.2, 0.25) is 0 Å². The summed E-state index contributed by atoms with van der Waals surface area (Å²) in [6, 6.07) is 71.6. The molecule has 1 aromatic heterocycles. The molecule has 2 heterocycles. The predicted molar refractivity (Wildman–Crippen MR) is 242 cm³/mol. The Bertz CT molecular complexity index is 3480. The van der Waals surface area contributed by atoms with Gasteiger partial charge in [-0.15, -0.1) is 0 Å². The number of allylic oxidation sites excluding steroid dienone is 2. The van der Waals surface area contributed by atoms with Gasteiger partial charge in [-0.05, 0) is 84.6 Å². The zero-order chi connectivity index (χ0) is 37.5. The molecule has 0 saturated heterocycles. The summed E-state index contributed by atoms with van der Waals surface area (Å²) in [6.45, 7) is 0. The van der Waals surface area contributed by atoms with Gasteiger partial charge in [0.05, 0.1) is 11.0 Å². The van der Waals surface area contributed by atoms with E-state index in [-0.39, 0.29) is 6.04 Å². The van der Waals surface area contributed by atoms with E-state index in [9.17, 15) is 0 Å². The molecule has 0 bridgehead atoms. The Labute approximate surface area is 330 Å². The van der Waals surface area contributed by atoms with Gasteiger partial charge in [0.2, 0.25) is 0 Å². The van der Waals surface area contributed by atoms with Crippen molar-refractivity contribution in [3.63, 3.8) is 0 Å². The van der Waals surface area contributed by atoms with Gasteiger partial charge in [-0.2, -0.15) is 0 Å². The number of hydrogen-bond acceptors (Lipinski definition) is 0. The second-order valence-corrected chi connectivity index (χ2v) is 15.4. The van der Waals surface area contributed by atoms with Crippen molar-refractivity contribution < 1.29 is 5.32 Å². The van der Waals surface area contributed by atoms with Crippen LogP contribution in [0.4, 0.5) is 0 Å². The Hall–Kier alpha value is -7.26. The Morgan fingerprint density at radius 2 is 1.04 bits per heavy atom. The summed E-state index contributed by atoms with van der Waals surface area (Å²) in [5.41, 5.74) is 9.89. The maximum Gasteiger partial charge on any atom is 0.138 e. The van der Waals surface area contributed by atoms with Gasteiger partial charge in [-0.3, -0.25) is 0 Å². The molecule has 0 fully saturated rings. The highest BCUT2D eigenvalue weighted by atomic mass is 15.0. The van der Waals surface area contributed by atoms with Gasteiger partial charge < -0.3 is 9.88 Å². The van der Waals surface area contributed by atoms with Crippen LogP contribution >= 0.6 is 0 Å². The van der Waals surface area contributed by atoms with Gasteiger partial charge in [0.1, 0.15) is 11.7 Å². The third kappa shape index (κ3) is 4.94. The molecule has 2 heteroatoms. The van der Waals surface area contributed by atoms with Crippen molar-refractivity contribution in [3.8, 4) is 5.69 Å². The summed E-state index contributed by atoms with van der Waals surface area (Å²) >= 11 is 0. The van der Waals surface area contributed by atoms with Gasteiger partial charge in [0.15, 0.2) is 0 Å². The number of benzene rings is 10. The van der Waals surface area contributed by atoms with E-state index in [4.69, 9.17) is 0 Å². The molecule has 1 unspecified atom stereocenters. The number of fused-ring (bicyclic) bond motifs is 13. The molecule has 0 saturated carbocycles. The number of rotatable bonds is 4. The topological polar surface area (TPSA) is 21.5 Å². The molecule has 0 aliphatic carbocycles. The minimum Gasteiger partial charge on any atom is -0.309 e. The van der Waals surface area contributed by atoms with Crippen molar-refractivity contribution in [3.05, 3.63) is 223 Å². The third-order valence-electron chi connectivity index (χ3n) is 12.3. The number of para-hydroxylation sites is 1. The lowest BCUT2D eigenvalue weighted by atomic mass is 9.90. The Morgan fingerprint density at radius 3 is 1.82 bits per heavy atom. The Kier molecular flexibility index (Phi) is 7.10. The van der Waals surface area contributed by atoms with Crippen LogP contribution in [0.25, 0.3) is 92.6 Å². The van der Waals surface area contributed by atoms with Gasteiger partial charge in [-0.25, -0.2) is 0 Å². The fourth-order valence-corrected chi connectivity index (χ4v) is 9.71. The quantitative estimate of drug-likeness (QED) is 0.175. The minimum atomic E-state index is 0.0915. The van der Waals surface area contributed by atoms with Crippen LogP contribution in [0.5, 0.6) is 0 Å². The predicted octanol–water partition coefficient (Wildman–Crippen LogP) is 13.3. The number of aromatic nitrogens is 1. The molecule has 12 rings (SSSR count). The third-order valence-corrected chi connectivity index (χ3v) is 12.3. The van der Waals surface area contributed by atoms with Crippen molar-refractivity contribution in [1.82, 2.24) is 4.57 Å². The van der Waals surface area contributed by atoms with E-state index < -0.39 is 0 Å². The lowest BCUT2D eigenvalue weighted by Crippen LogP contribution is -2.82. The lowest BCUT2D eigenvalue weighted by Gasteiger charge is -2.22. The first-order valence-electron chi connectivity index (χ1n) is 19.9. The van der Waals surface area contributed by atoms with Crippen molar-refractivity contribution >= 4 is 86.9 Å². The van der Waals surface area contributed by atoms with Crippen molar-refractivity contribution in [2.45, 2.75) is 6.04 Å². The number of hydrogen-bond donors (Lipinski definition) is 1. The fraction of sp³-hybridized carbons (Fsp3) is 0.0182. The van der Waals surface area contributed by atoms with Crippen LogP contribution < -0.4 is 5.32 Å². The van der Waals surface area contributed by atoms with E-state index in [1.165, 1.54) is 104 Å². The summed E-state index contributed by atoms with van der Waals surface area (Å²) < 4.78 is 2.50. The Balaban J connectivity index is 1.04. The molecule has 10 aromatic carbocycles. The van der Waals surface area contributed by atoms with E-state index in [2.05, 4.69) is 216 Å². The van der Waals surface area contributed by atoms with E-state index >= 15 is 0 Å². The molecule has 57 heavy (non-hydrogen) atoms. The maximum atomic E-state index is 2.50. The van der Waals surface area contributed by atoms with Crippen LogP contribution in [-0.2, 0) is 0 Å². The van der Waals surface area contributed by atoms with Crippen LogP contribution in [0.3, 0.4) is 0 Å². The van der Waals surface area contributed by atoms with Crippen LogP contribution in [0, 0.1) is 0 Å². The first-order chi connectivity index (χ1) is 28.3. The summed E-state index contributed by atoms with van der Waals surface area (Å²) in [7, 11) is 0. The second kappa shape index (κ2) is 12.6. The standard InChI is InChI=1S/C55H36N2/c1-2-14-35(15-3-1)39-33-50(56-51(34-39)49-32-38-17-5-6-18-41(38)43-20-8-9-21-44(43)49)37-26-29-40(30-27-37)57-52-25-13-12-24-48(52)54-53-42-19-7-4-16-36(42)28-31-46(53)45-22-10-11-23-47(45)55(54)57/h1-34,50,56H/p+1. The van der Waals surface area contributed by atoms with Crippen LogP contribution in [0.15, 0.2) is 206 Å². The first-order valence-corrected chi connectivity index (χ1v) is 19.9. The second-order valence-electron chi connectivity index (χ2n) is 15.4. The van der Waals surface area contributed by atoms with Crippen molar-refractivity contribution in [1.29, 1.82) is 0 Å². The van der Waals surface area contributed by atoms with Crippen LogP contribution in [0.1, 0.15) is 22.7 Å². The molecule has 1 atom stereocenters. The maximum absolute atomic E-state index is 2.50. The molecule has 0 spiro atoms. The van der Waals surface area contributed by atoms with Gasteiger partial charge in [-0.1, -0.05) is 170 Å². The molecule has 2 nitrogen and oxygen atoms in total. The lowest BCUT2D eigenvalue weighted by molar-refractivity contribution is -0.598. The fourth-order valence-electron chi connectivity index (χ4n) is 9.71. The van der Waals surface area contributed by atoms with Gasteiger partial charge in [0, 0.05) is 44.4 Å². The Morgan fingerprint density at radius 1 is 0.421 bits per heavy atom. The zero-order valence-electron chi connectivity index (χ0n) is 31.2. The van der Waals surface area contributed by atoms with Crippen molar-refractivity contribution in [2.75, 3.05) is 0 Å². The molecular formula is C55H37N2+. The largest absolute Gasteiger partial charge is 0.309 e. The van der Waals surface area contributed by atoms with Crippen molar-refractivity contribution in [2.24, 2.45) is 0 Å². The number of nitrogens with two attached hydrogens (primary N) is 1. The number of quaternary nitrogens is 1. The normalized spacial score (nSPS) is 14.6. The van der Waals surface area contributed by atoms with E-state index in [1.807, 2.05) is 0 Å². The molecule has 1 aliphatic heterocycles. The van der Waals surface area contributed by atoms with E-state index in [0.717, 1.165) is 5.69 Å². The first kappa shape index (κ1) is 32.0. The highest BCUT2D eigenvalue weighted by Crippen LogP contribution is 2.45.